The summed E-state index contributed by atoms with van der Waals surface area (Å²) in [7, 11) is 0. The maximum atomic E-state index is 12.8. The van der Waals surface area contributed by atoms with E-state index in [1.54, 1.807) is 0 Å². The van der Waals surface area contributed by atoms with Crippen LogP contribution in [0.1, 0.15) is 28.0 Å². The Balaban J connectivity index is 3.52. The van der Waals surface area contributed by atoms with E-state index in [4.69, 9.17) is 5.11 Å². The number of carbonyl (C=O) groups is 1. The average molecular weight is 350 g/mol. The number of halogens is 6. The zero-order valence-electron chi connectivity index (χ0n) is 8.84. The molecule has 0 bridgehead atoms. The molecule has 0 radical (unpaired) electrons. The van der Waals surface area contributed by atoms with E-state index in [0.717, 1.165) is 6.20 Å². The van der Waals surface area contributed by atoms with Gasteiger partial charge >= 0.3 is 12.3 Å². The molecule has 0 saturated carbocycles. The summed E-state index contributed by atoms with van der Waals surface area (Å²) in [5.41, 5.74) is -2.92. The number of rotatable bonds is 4. The SMILES string of the molecule is O=C(O)c1ncc(CBr)c(OC(F)(F)F)c1C(F)F. The van der Waals surface area contributed by atoms with Crippen LogP contribution < -0.4 is 4.74 Å². The van der Waals surface area contributed by atoms with Crippen molar-refractivity contribution in [3.63, 3.8) is 0 Å². The molecule has 0 aliphatic rings. The lowest BCUT2D eigenvalue weighted by atomic mass is 10.1. The van der Waals surface area contributed by atoms with E-state index in [-0.39, 0.29) is 10.9 Å². The Hall–Kier alpha value is -1.45. The van der Waals surface area contributed by atoms with Gasteiger partial charge in [0.05, 0.1) is 5.56 Å². The highest BCUT2D eigenvalue weighted by Crippen LogP contribution is 2.38. The van der Waals surface area contributed by atoms with Crippen LogP contribution in [-0.2, 0) is 5.33 Å². The van der Waals surface area contributed by atoms with Gasteiger partial charge in [-0.25, -0.2) is 18.6 Å². The number of hydrogen-bond acceptors (Lipinski definition) is 3. The van der Waals surface area contributed by atoms with Gasteiger partial charge in [0.25, 0.3) is 6.43 Å². The monoisotopic (exact) mass is 349 g/mol. The summed E-state index contributed by atoms with van der Waals surface area (Å²) >= 11 is 2.78. The minimum atomic E-state index is -5.22. The standard InChI is InChI=1S/C9H5BrF5NO3/c10-1-3-2-16-5(8(17)18)4(7(11)12)6(3)19-9(13,14)15/h2,7H,1H2,(H,17,18). The number of pyridine rings is 1. The normalized spacial score (nSPS) is 11.7. The van der Waals surface area contributed by atoms with Crippen LogP contribution in [0.2, 0.25) is 0 Å². The first kappa shape index (κ1) is 15.6. The van der Waals surface area contributed by atoms with Gasteiger partial charge in [-0.3, -0.25) is 0 Å². The van der Waals surface area contributed by atoms with Crippen molar-refractivity contribution in [1.29, 1.82) is 0 Å². The van der Waals surface area contributed by atoms with Crippen LogP contribution in [0.25, 0.3) is 0 Å². The van der Waals surface area contributed by atoms with Crippen LogP contribution in [0.4, 0.5) is 22.0 Å². The number of aromatic nitrogens is 1. The lowest BCUT2D eigenvalue weighted by Gasteiger charge is -2.17. The molecule has 4 nitrogen and oxygen atoms in total. The molecule has 0 aliphatic heterocycles. The van der Waals surface area contributed by atoms with E-state index >= 15 is 0 Å². The summed E-state index contributed by atoms with van der Waals surface area (Å²) in [5, 5.41) is 8.40. The van der Waals surface area contributed by atoms with Crippen LogP contribution in [0.3, 0.4) is 0 Å². The van der Waals surface area contributed by atoms with Crippen LogP contribution >= 0.6 is 15.9 Å². The first-order valence-corrected chi connectivity index (χ1v) is 5.64. The molecule has 0 atom stereocenters. The van der Waals surface area contributed by atoms with E-state index in [1.165, 1.54) is 0 Å². The quantitative estimate of drug-likeness (QED) is 0.667. The van der Waals surface area contributed by atoms with Gasteiger partial charge < -0.3 is 9.84 Å². The Bertz CT molecular complexity index is 491. The van der Waals surface area contributed by atoms with Crippen molar-refractivity contribution >= 4 is 21.9 Å². The summed E-state index contributed by atoms with van der Waals surface area (Å²) in [5.74, 6) is -3.12. The van der Waals surface area contributed by atoms with Crippen LogP contribution in [0.5, 0.6) is 5.75 Å². The van der Waals surface area contributed by atoms with Crippen molar-refractivity contribution in [3.05, 3.63) is 23.0 Å². The average Bonchev–Trinajstić information content (AvgIpc) is 2.25. The van der Waals surface area contributed by atoms with Crippen LogP contribution in [0.15, 0.2) is 6.20 Å². The fourth-order valence-corrected chi connectivity index (χ4v) is 1.65. The van der Waals surface area contributed by atoms with Crippen molar-refractivity contribution in [2.45, 2.75) is 18.1 Å². The Morgan fingerprint density at radius 3 is 2.42 bits per heavy atom. The molecule has 0 spiro atoms. The maximum Gasteiger partial charge on any atom is 0.573 e. The smallest absolute Gasteiger partial charge is 0.476 e. The molecule has 0 saturated heterocycles. The highest BCUT2D eigenvalue weighted by Gasteiger charge is 2.36. The van der Waals surface area contributed by atoms with Crippen LogP contribution in [0, 0.1) is 0 Å². The van der Waals surface area contributed by atoms with Crippen molar-refractivity contribution in [1.82, 2.24) is 4.98 Å². The van der Waals surface area contributed by atoms with Crippen LogP contribution in [-0.4, -0.2) is 22.4 Å². The second kappa shape index (κ2) is 5.68. The predicted molar refractivity (Wildman–Crippen MR) is 55.5 cm³/mol. The molecule has 0 aliphatic carbocycles. The van der Waals surface area contributed by atoms with Gasteiger partial charge in [-0.15, -0.1) is 13.2 Å². The topological polar surface area (TPSA) is 59.4 Å². The molecule has 1 aromatic heterocycles. The fraction of sp³-hybridized carbons (Fsp3) is 0.333. The summed E-state index contributed by atoms with van der Waals surface area (Å²) in [4.78, 5) is 13.9. The molecule has 1 N–H and O–H groups in total. The largest absolute Gasteiger partial charge is 0.573 e. The minimum Gasteiger partial charge on any atom is -0.476 e. The van der Waals surface area contributed by atoms with Crippen molar-refractivity contribution in [3.8, 4) is 5.75 Å². The summed E-state index contributed by atoms with van der Waals surface area (Å²) in [6.07, 6.45) is -7.97. The van der Waals surface area contributed by atoms with Gasteiger partial charge in [-0.2, -0.15) is 0 Å². The van der Waals surface area contributed by atoms with E-state index in [0.29, 0.717) is 0 Å². The number of carboxylic acid groups (broad SMARTS) is 1. The first-order chi connectivity index (χ1) is 8.67. The zero-order valence-corrected chi connectivity index (χ0v) is 10.4. The molecular weight excluding hydrogens is 345 g/mol. The summed E-state index contributed by atoms with van der Waals surface area (Å²) in [6, 6.07) is 0. The van der Waals surface area contributed by atoms with E-state index < -0.39 is 35.8 Å². The lowest BCUT2D eigenvalue weighted by Crippen LogP contribution is -2.21. The van der Waals surface area contributed by atoms with E-state index in [9.17, 15) is 26.7 Å². The van der Waals surface area contributed by atoms with Gasteiger partial charge in [-0.05, 0) is 0 Å². The van der Waals surface area contributed by atoms with Crippen molar-refractivity contribution in [2.75, 3.05) is 0 Å². The molecular formula is C9H5BrF5NO3. The number of aromatic carboxylic acids is 1. The predicted octanol–water partition coefficient (Wildman–Crippen LogP) is 3.51. The number of nitrogens with zero attached hydrogens (tertiary/aromatic N) is 1. The number of carboxylic acids is 1. The second-order valence-electron chi connectivity index (χ2n) is 3.16. The van der Waals surface area contributed by atoms with Gasteiger partial charge in [-0.1, -0.05) is 15.9 Å². The molecule has 19 heavy (non-hydrogen) atoms. The van der Waals surface area contributed by atoms with Gasteiger partial charge in [0.15, 0.2) is 5.69 Å². The molecule has 0 amide bonds. The maximum absolute atomic E-state index is 12.8. The zero-order chi connectivity index (χ0) is 14.8. The third kappa shape index (κ3) is 3.75. The van der Waals surface area contributed by atoms with Crippen molar-refractivity contribution < 1.29 is 36.6 Å². The number of ether oxygens (including phenoxy) is 1. The Kier molecular flexibility index (Phi) is 4.66. The molecule has 10 heteroatoms. The van der Waals surface area contributed by atoms with Gasteiger partial charge in [0.2, 0.25) is 0 Å². The molecule has 1 rings (SSSR count). The molecule has 106 valence electrons. The Labute approximate surface area is 111 Å². The minimum absolute atomic E-state index is 0.259. The van der Waals surface area contributed by atoms with E-state index in [1.807, 2.05) is 0 Å². The second-order valence-corrected chi connectivity index (χ2v) is 3.72. The first-order valence-electron chi connectivity index (χ1n) is 4.52. The number of alkyl halides is 6. The molecule has 1 aromatic rings. The van der Waals surface area contributed by atoms with Crippen molar-refractivity contribution in [2.24, 2.45) is 0 Å². The highest BCUT2D eigenvalue weighted by molar-refractivity contribution is 9.08. The fourth-order valence-electron chi connectivity index (χ4n) is 1.26. The van der Waals surface area contributed by atoms with Gasteiger partial charge in [0.1, 0.15) is 5.75 Å². The third-order valence-corrected chi connectivity index (χ3v) is 2.53. The molecule has 0 fully saturated rings. The molecule has 0 unspecified atom stereocenters. The lowest BCUT2D eigenvalue weighted by molar-refractivity contribution is -0.275. The number of hydrogen-bond donors (Lipinski definition) is 1. The van der Waals surface area contributed by atoms with Gasteiger partial charge in [0, 0.05) is 17.1 Å². The summed E-state index contributed by atoms with van der Waals surface area (Å²) < 4.78 is 65.6. The third-order valence-electron chi connectivity index (χ3n) is 1.92. The molecule has 0 aromatic carbocycles. The summed E-state index contributed by atoms with van der Waals surface area (Å²) in [6.45, 7) is 0. The highest BCUT2D eigenvalue weighted by atomic mass is 79.9. The molecule has 1 heterocycles. The Morgan fingerprint density at radius 1 is 1.47 bits per heavy atom. The Morgan fingerprint density at radius 2 is 2.05 bits per heavy atom. The van der Waals surface area contributed by atoms with E-state index in [2.05, 4.69) is 25.7 Å².